The molecule has 31 heavy (non-hydrogen) atoms. The first-order chi connectivity index (χ1) is 14.7. The molecule has 1 atom stereocenters. The van der Waals surface area contributed by atoms with E-state index < -0.39 is 0 Å². The van der Waals surface area contributed by atoms with Crippen LogP contribution in [0.2, 0.25) is 5.02 Å². The second-order valence-corrected chi connectivity index (χ2v) is 8.39. The van der Waals surface area contributed by atoms with Gasteiger partial charge in [-0.05, 0) is 56.7 Å². The highest BCUT2D eigenvalue weighted by atomic mass is 35.5. The second-order valence-electron chi connectivity index (χ2n) is 7.04. The van der Waals surface area contributed by atoms with Gasteiger partial charge in [-0.3, -0.25) is 9.59 Å². The van der Waals surface area contributed by atoms with Crippen LogP contribution in [0.4, 0.5) is 5.69 Å². The van der Waals surface area contributed by atoms with Crippen molar-refractivity contribution in [3.05, 3.63) is 64.4 Å². The van der Waals surface area contributed by atoms with Gasteiger partial charge in [0.1, 0.15) is 5.75 Å². The summed E-state index contributed by atoms with van der Waals surface area (Å²) in [5.41, 5.74) is 2.06. The number of anilines is 1. The molecule has 0 saturated carbocycles. The predicted molar refractivity (Wildman–Crippen MR) is 122 cm³/mol. The first kappa shape index (κ1) is 22.8. The number of hydrogen-bond acceptors (Lipinski definition) is 6. The summed E-state index contributed by atoms with van der Waals surface area (Å²) in [6, 6.07) is 12.3. The van der Waals surface area contributed by atoms with Gasteiger partial charge in [0, 0.05) is 23.3 Å². The fraction of sp³-hybridized carbons (Fsp3) is 0.273. The highest BCUT2D eigenvalue weighted by Crippen LogP contribution is 2.26. The summed E-state index contributed by atoms with van der Waals surface area (Å²) in [7, 11) is 1.83. The number of rotatable bonds is 8. The van der Waals surface area contributed by atoms with Gasteiger partial charge in [0.25, 0.3) is 0 Å². The van der Waals surface area contributed by atoms with Crippen LogP contribution in [0.3, 0.4) is 0 Å². The van der Waals surface area contributed by atoms with Crippen LogP contribution in [0.25, 0.3) is 0 Å². The molecule has 9 heteroatoms. The maximum atomic E-state index is 12.3. The van der Waals surface area contributed by atoms with Gasteiger partial charge in [0.15, 0.2) is 22.9 Å². The van der Waals surface area contributed by atoms with Crippen LogP contribution in [0, 0.1) is 6.92 Å². The first-order valence-electron chi connectivity index (χ1n) is 9.60. The van der Waals surface area contributed by atoms with Gasteiger partial charge >= 0.3 is 0 Å². The lowest BCUT2D eigenvalue weighted by Gasteiger charge is -2.15. The SMILES string of the molecule is CC(=O)c1cccc(NC(=O)CSc2nnc(C(C)Oc3ccc(Cl)c(C)c3)n2C)c1. The number of Topliss-reactive ketones (excluding diaryl/α,β-unsaturated/α-hetero) is 1. The molecular formula is C22H23ClN4O3S. The first-order valence-corrected chi connectivity index (χ1v) is 11.0. The van der Waals surface area contributed by atoms with Crippen molar-refractivity contribution in [3.63, 3.8) is 0 Å². The van der Waals surface area contributed by atoms with E-state index in [1.165, 1.54) is 18.7 Å². The quantitative estimate of drug-likeness (QED) is 0.383. The van der Waals surface area contributed by atoms with Crippen LogP contribution in [-0.4, -0.2) is 32.2 Å². The molecule has 0 aliphatic rings. The van der Waals surface area contributed by atoms with Gasteiger partial charge in [-0.2, -0.15) is 0 Å². The van der Waals surface area contributed by atoms with Crippen LogP contribution >= 0.6 is 23.4 Å². The minimum Gasteiger partial charge on any atom is -0.483 e. The van der Waals surface area contributed by atoms with Crippen LogP contribution in [-0.2, 0) is 11.8 Å². The molecule has 0 aliphatic heterocycles. The van der Waals surface area contributed by atoms with Crippen molar-refractivity contribution in [2.24, 2.45) is 7.05 Å². The maximum absolute atomic E-state index is 12.3. The van der Waals surface area contributed by atoms with Crippen molar-refractivity contribution in [1.82, 2.24) is 14.8 Å². The molecule has 7 nitrogen and oxygen atoms in total. The smallest absolute Gasteiger partial charge is 0.234 e. The van der Waals surface area contributed by atoms with Gasteiger partial charge in [-0.1, -0.05) is 35.5 Å². The number of amides is 1. The molecule has 1 N–H and O–H groups in total. The Bertz CT molecular complexity index is 1120. The Morgan fingerprint density at radius 1 is 1.23 bits per heavy atom. The van der Waals surface area contributed by atoms with Gasteiger partial charge in [-0.25, -0.2) is 0 Å². The zero-order valence-electron chi connectivity index (χ0n) is 17.7. The molecular weight excluding hydrogens is 436 g/mol. The lowest BCUT2D eigenvalue weighted by atomic mass is 10.1. The molecule has 0 fully saturated rings. The number of ether oxygens (including phenoxy) is 1. The highest BCUT2D eigenvalue weighted by Gasteiger charge is 2.18. The number of nitrogens with zero attached hydrogens (tertiary/aromatic N) is 3. The lowest BCUT2D eigenvalue weighted by Crippen LogP contribution is -2.15. The summed E-state index contributed by atoms with van der Waals surface area (Å²) in [6.45, 7) is 5.29. The summed E-state index contributed by atoms with van der Waals surface area (Å²) >= 11 is 7.33. The normalized spacial score (nSPS) is 11.8. The van der Waals surface area contributed by atoms with E-state index in [0.717, 1.165) is 5.56 Å². The summed E-state index contributed by atoms with van der Waals surface area (Å²) < 4.78 is 7.77. The Hall–Kier alpha value is -2.84. The van der Waals surface area contributed by atoms with Crippen LogP contribution in [0.15, 0.2) is 47.6 Å². The van der Waals surface area contributed by atoms with Gasteiger partial charge in [-0.15, -0.1) is 10.2 Å². The maximum Gasteiger partial charge on any atom is 0.234 e. The van der Waals surface area contributed by atoms with Crippen molar-refractivity contribution < 1.29 is 14.3 Å². The van der Waals surface area contributed by atoms with Gasteiger partial charge < -0.3 is 14.6 Å². The molecule has 2 aromatic carbocycles. The molecule has 1 unspecified atom stereocenters. The fourth-order valence-corrected chi connectivity index (χ4v) is 3.73. The summed E-state index contributed by atoms with van der Waals surface area (Å²) in [6.07, 6.45) is -0.337. The molecule has 0 bridgehead atoms. The Morgan fingerprint density at radius 3 is 2.71 bits per heavy atom. The topological polar surface area (TPSA) is 86.1 Å². The number of thioether (sulfide) groups is 1. The fourth-order valence-electron chi connectivity index (χ4n) is 2.90. The molecule has 0 radical (unpaired) electrons. The average molecular weight is 459 g/mol. The van der Waals surface area contributed by atoms with Crippen LogP contribution in [0.1, 0.15) is 41.7 Å². The predicted octanol–water partition coefficient (Wildman–Crippen LogP) is 4.85. The number of carbonyl (C=O) groups excluding carboxylic acids is 2. The Morgan fingerprint density at radius 2 is 2.00 bits per heavy atom. The number of aryl methyl sites for hydroxylation is 1. The van der Waals surface area contributed by atoms with E-state index in [4.69, 9.17) is 16.3 Å². The zero-order chi connectivity index (χ0) is 22.5. The highest BCUT2D eigenvalue weighted by molar-refractivity contribution is 7.99. The molecule has 0 aliphatic carbocycles. The molecule has 3 rings (SSSR count). The lowest BCUT2D eigenvalue weighted by molar-refractivity contribution is -0.113. The van der Waals surface area contributed by atoms with E-state index in [9.17, 15) is 9.59 Å². The number of benzene rings is 2. The van der Waals surface area contributed by atoms with E-state index in [1.54, 1.807) is 30.3 Å². The molecule has 1 amide bonds. The van der Waals surface area contributed by atoms with Gasteiger partial charge in [0.2, 0.25) is 5.91 Å². The number of hydrogen-bond donors (Lipinski definition) is 1. The van der Waals surface area contributed by atoms with Crippen molar-refractivity contribution in [1.29, 1.82) is 0 Å². The third kappa shape index (κ3) is 5.86. The van der Waals surface area contributed by atoms with E-state index in [1.807, 2.05) is 37.6 Å². The minimum absolute atomic E-state index is 0.0535. The van der Waals surface area contributed by atoms with E-state index >= 15 is 0 Å². The second kappa shape index (κ2) is 9.98. The third-order valence-electron chi connectivity index (χ3n) is 4.56. The molecule has 3 aromatic rings. The van der Waals surface area contributed by atoms with Crippen molar-refractivity contribution in [3.8, 4) is 5.75 Å². The van der Waals surface area contributed by atoms with Crippen LogP contribution in [0.5, 0.6) is 5.75 Å². The van der Waals surface area contributed by atoms with E-state index in [2.05, 4.69) is 15.5 Å². The largest absolute Gasteiger partial charge is 0.483 e. The van der Waals surface area contributed by atoms with Crippen molar-refractivity contribution in [2.45, 2.75) is 32.0 Å². The van der Waals surface area contributed by atoms with E-state index in [0.29, 0.717) is 33.0 Å². The number of carbonyl (C=O) groups is 2. The number of halogens is 1. The monoisotopic (exact) mass is 458 g/mol. The Kier molecular flexibility index (Phi) is 7.35. The molecule has 162 valence electrons. The standard InChI is InChI=1S/C22H23ClN4O3S/c1-13-10-18(8-9-19(13)23)30-15(3)21-25-26-22(27(21)4)31-12-20(29)24-17-7-5-6-16(11-17)14(2)28/h5-11,15H,12H2,1-4H3,(H,24,29). The Labute approximate surface area is 190 Å². The molecule has 1 aromatic heterocycles. The third-order valence-corrected chi connectivity index (χ3v) is 6.00. The number of ketones is 1. The number of nitrogens with one attached hydrogen (secondary N) is 1. The summed E-state index contributed by atoms with van der Waals surface area (Å²) in [4.78, 5) is 23.8. The van der Waals surface area contributed by atoms with Crippen molar-refractivity contribution in [2.75, 3.05) is 11.1 Å². The molecule has 1 heterocycles. The molecule has 0 saturated heterocycles. The minimum atomic E-state index is -0.337. The summed E-state index contributed by atoms with van der Waals surface area (Å²) in [5, 5.41) is 12.5. The molecule has 0 spiro atoms. The van der Waals surface area contributed by atoms with Crippen molar-refractivity contribution >= 4 is 40.7 Å². The van der Waals surface area contributed by atoms with E-state index in [-0.39, 0.29) is 23.5 Å². The average Bonchev–Trinajstić information content (AvgIpc) is 3.10. The summed E-state index contributed by atoms with van der Waals surface area (Å²) in [5.74, 6) is 1.24. The Balaban J connectivity index is 1.59. The number of aromatic nitrogens is 3. The van der Waals surface area contributed by atoms with Gasteiger partial charge in [0.05, 0.1) is 5.75 Å². The van der Waals surface area contributed by atoms with Crippen LogP contribution < -0.4 is 10.1 Å². The zero-order valence-corrected chi connectivity index (χ0v) is 19.3.